The van der Waals surface area contributed by atoms with E-state index in [2.05, 4.69) is 15.0 Å². The molecule has 1 aliphatic rings. The molecular weight excluding hydrogens is 482 g/mol. The van der Waals surface area contributed by atoms with Crippen molar-refractivity contribution in [2.24, 2.45) is 0 Å². The summed E-state index contributed by atoms with van der Waals surface area (Å²) >= 11 is 6.42. The van der Waals surface area contributed by atoms with Gasteiger partial charge in [0.25, 0.3) is 11.8 Å². The van der Waals surface area contributed by atoms with Crippen LogP contribution in [0.3, 0.4) is 0 Å². The predicted molar refractivity (Wildman–Crippen MR) is 128 cm³/mol. The van der Waals surface area contributed by atoms with Crippen molar-refractivity contribution >= 4 is 44.8 Å². The number of carbonyl (C=O) groups excluding carboxylic acids is 2. The van der Waals surface area contributed by atoms with Crippen LogP contribution in [0.2, 0.25) is 5.15 Å². The lowest BCUT2D eigenvalue weighted by molar-refractivity contribution is 0.0707. The minimum absolute atomic E-state index is 0.0322. The van der Waals surface area contributed by atoms with E-state index in [9.17, 15) is 23.1 Å². The summed E-state index contributed by atoms with van der Waals surface area (Å²) in [5, 5.41) is 12.6. The van der Waals surface area contributed by atoms with E-state index in [1.807, 2.05) is 0 Å². The second kappa shape index (κ2) is 8.99. The van der Waals surface area contributed by atoms with Crippen LogP contribution in [-0.4, -0.2) is 52.6 Å². The van der Waals surface area contributed by atoms with Crippen molar-refractivity contribution in [2.45, 2.75) is 20.0 Å². The molecule has 10 nitrogen and oxygen atoms in total. The normalized spacial score (nSPS) is 13.3. The fraction of sp³-hybridized carbons (Fsp3) is 0.227. The number of imidazole rings is 1. The molecule has 1 aliphatic heterocycles. The largest absolute Gasteiger partial charge is 0.508 e. The van der Waals surface area contributed by atoms with Gasteiger partial charge in [-0.15, -0.1) is 0 Å². The molecule has 3 aromatic rings. The number of anilines is 2. The number of aromatic nitrogens is 2. The molecule has 0 aliphatic carbocycles. The average molecular weight is 504 g/mol. The first-order valence-corrected chi connectivity index (χ1v) is 12.5. The first-order valence-electron chi connectivity index (χ1n) is 10.2. The van der Waals surface area contributed by atoms with Crippen molar-refractivity contribution in [2.75, 3.05) is 22.8 Å². The summed E-state index contributed by atoms with van der Waals surface area (Å²) in [5.41, 5.74) is 1.89. The number of benzene rings is 2. The van der Waals surface area contributed by atoms with Crippen LogP contribution in [-0.2, 0) is 23.1 Å². The van der Waals surface area contributed by atoms with E-state index in [1.165, 1.54) is 18.2 Å². The number of phenolic OH excluding ortho intramolecular Hbond substituents is 1. The summed E-state index contributed by atoms with van der Waals surface area (Å²) in [6.07, 6.45) is 1.05. The van der Waals surface area contributed by atoms with Gasteiger partial charge in [0.1, 0.15) is 16.7 Å². The van der Waals surface area contributed by atoms with Gasteiger partial charge in [0.05, 0.1) is 12.8 Å². The second-order valence-electron chi connectivity index (χ2n) is 7.95. The van der Waals surface area contributed by atoms with E-state index in [1.54, 1.807) is 40.7 Å². The van der Waals surface area contributed by atoms with Gasteiger partial charge in [-0.05, 0) is 55.0 Å². The van der Waals surface area contributed by atoms with Gasteiger partial charge in [0.15, 0.2) is 5.69 Å². The van der Waals surface area contributed by atoms with Crippen molar-refractivity contribution in [3.63, 3.8) is 0 Å². The quantitative estimate of drug-likeness (QED) is 0.490. The molecule has 2 aromatic carbocycles. The minimum Gasteiger partial charge on any atom is -0.508 e. The zero-order valence-corrected chi connectivity index (χ0v) is 19.9. The summed E-state index contributed by atoms with van der Waals surface area (Å²) in [6, 6.07) is 10.8. The van der Waals surface area contributed by atoms with Gasteiger partial charge in [-0.25, -0.2) is 13.4 Å². The first-order chi connectivity index (χ1) is 16.0. The highest BCUT2D eigenvalue weighted by Crippen LogP contribution is 2.26. The number of aryl methyl sites for hydroxylation is 1. The van der Waals surface area contributed by atoms with Crippen LogP contribution in [0.1, 0.15) is 32.2 Å². The summed E-state index contributed by atoms with van der Waals surface area (Å²) in [5.74, 6) is -0.127. The molecular formula is C22H22ClN5O5S. The highest BCUT2D eigenvalue weighted by Gasteiger charge is 2.28. The summed E-state index contributed by atoms with van der Waals surface area (Å²) in [4.78, 5) is 31.7. The van der Waals surface area contributed by atoms with E-state index >= 15 is 0 Å². The highest BCUT2D eigenvalue weighted by atomic mass is 35.5. The van der Waals surface area contributed by atoms with Crippen molar-refractivity contribution < 1.29 is 23.1 Å². The molecule has 2 amide bonds. The lowest BCUT2D eigenvalue weighted by atomic mass is 10.1. The van der Waals surface area contributed by atoms with Crippen LogP contribution in [0.15, 0.2) is 42.5 Å². The molecule has 0 atom stereocenters. The minimum atomic E-state index is -3.40. The number of halogens is 1. The molecule has 1 aromatic heterocycles. The van der Waals surface area contributed by atoms with Gasteiger partial charge in [-0.2, -0.15) is 0 Å². The van der Waals surface area contributed by atoms with Crippen LogP contribution < -0.4 is 10.0 Å². The topological polar surface area (TPSA) is 134 Å². The van der Waals surface area contributed by atoms with Crippen LogP contribution in [0, 0.1) is 6.92 Å². The van der Waals surface area contributed by atoms with Crippen molar-refractivity contribution in [1.29, 1.82) is 0 Å². The smallest absolute Gasteiger partial charge is 0.277 e. The molecule has 0 spiro atoms. The third kappa shape index (κ3) is 5.00. The molecule has 0 unspecified atom stereocenters. The van der Waals surface area contributed by atoms with Crippen LogP contribution in [0.5, 0.6) is 5.75 Å². The molecule has 178 valence electrons. The zero-order chi connectivity index (χ0) is 24.6. The number of sulfonamides is 1. The average Bonchev–Trinajstić information content (AvgIpc) is 3.11. The standard InChI is InChI=1S/C22H22ClN5O5S/c1-13-11-14(3-8-17(13)29)22(31)27-9-10-28-18(12-27)25-19(20(28)23)21(30)24-15-4-6-16(7-5-15)26-34(2,32)33/h3-8,11,26,29H,9-10,12H2,1-2H3,(H,24,30). The predicted octanol–water partition coefficient (Wildman–Crippen LogP) is 2.83. The maximum atomic E-state index is 12.9. The molecule has 0 fully saturated rings. The number of fused-ring (bicyclic) bond motifs is 1. The molecule has 4 rings (SSSR count). The number of hydrogen-bond acceptors (Lipinski definition) is 6. The van der Waals surface area contributed by atoms with Crippen molar-refractivity contribution in [3.8, 4) is 5.75 Å². The van der Waals surface area contributed by atoms with E-state index < -0.39 is 15.9 Å². The maximum Gasteiger partial charge on any atom is 0.277 e. The van der Waals surface area contributed by atoms with Crippen molar-refractivity contribution in [1.82, 2.24) is 14.5 Å². The van der Waals surface area contributed by atoms with Crippen LogP contribution >= 0.6 is 11.6 Å². The number of phenols is 1. The van der Waals surface area contributed by atoms with E-state index in [0.717, 1.165) is 6.26 Å². The van der Waals surface area contributed by atoms with Crippen LogP contribution in [0.4, 0.5) is 11.4 Å². The number of carbonyl (C=O) groups is 2. The lowest BCUT2D eigenvalue weighted by Gasteiger charge is -2.28. The Morgan fingerprint density at radius 2 is 1.76 bits per heavy atom. The van der Waals surface area contributed by atoms with Gasteiger partial charge in [0, 0.05) is 30.0 Å². The number of amides is 2. The fourth-order valence-electron chi connectivity index (χ4n) is 3.61. The molecule has 2 heterocycles. The Hall–Kier alpha value is -3.57. The Morgan fingerprint density at radius 3 is 2.41 bits per heavy atom. The number of hydrogen-bond donors (Lipinski definition) is 3. The van der Waals surface area contributed by atoms with E-state index in [-0.39, 0.29) is 29.0 Å². The molecule has 0 radical (unpaired) electrons. The number of rotatable bonds is 5. The van der Waals surface area contributed by atoms with Gasteiger partial charge in [-0.1, -0.05) is 11.6 Å². The molecule has 0 saturated heterocycles. The first kappa shape index (κ1) is 23.6. The Kier molecular flexibility index (Phi) is 6.24. The third-order valence-electron chi connectivity index (χ3n) is 5.30. The van der Waals surface area contributed by atoms with Crippen LogP contribution in [0.25, 0.3) is 0 Å². The van der Waals surface area contributed by atoms with E-state index in [0.29, 0.717) is 41.4 Å². The highest BCUT2D eigenvalue weighted by molar-refractivity contribution is 7.92. The number of nitrogens with zero attached hydrogens (tertiary/aromatic N) is 3. The Balaban J connectivity index is 1.48. The summed E-state index contributed by atoms with van der Waals surface area (Å²) in [6.45, 7) is 2.66. The molecule has 34 heavy (non-hydrogen) atoms. The number of nitrogens with one attached hydrogen (secondary N) is 2. The van der Waals surface area contributed by atoms with Gasteiger partial charge < -0.3 is 19.9 Å². The summed E-state index contributed by atoms with van der Waals surface area (Å²) in [7, 11) is -3.40. The lowest BCUT2D eigenvalue weighted by Crippen LogP contribution is -2.38. The fourth-order valence-corrected chi connectivity index (χ4v) is 4.48. The maximum absolute atomic E-state index is 12.9. The van der Waals surface area contributed by atoms with Gasteiger partial charge in [0.2, 0.25) is 10.0 Å². The molecule has 3 N–H and O–H groups in total. The van der Waals surface area contributed by atoms with E-state index in [4.69, 9.17) is 11.6 Å². The van der Waals surface area contributed by atoms with Crippen molar-refractivity contribution in [3.05, 3.63) is 70.3 Å². The van der Waals surface area contributed by atoms with Gasteiger partial charge >= 0.3 is 0 Å². The molecule has 0 saturated carbocycles. The molecule has 12 heteroatoms. The van der Waals surface area contributed by atoms with Gasteiger partial charge in [-0.3, -0.25) is 14.3 Å². The Bertz CT molecular complexity index is 1390. The number of aromatic hydroxyl groups is 1. The Labute approximate surface area is 201 Å². The summed E-state index contributed by atoms with van der Waals surface area (Å²) < 4.78 is 26.7. The molecule has 0 bridgehead atoms. The monoisotopic (exact) mass is 503 g/mol. The Morgan fingerprint density at radius 1 is 1.09 bits per heavy atom. The SMILES string of the molecule is Cc1cc(C(=O)N2CCn3c(nc(C(=O)Nc4ccc(NS(C)(=O)=O)cc4)c3Cl)C2)ccc1O. The zero-order valence-electron chi connectivity index (χ0n) is 18.4. The third-order valence-corrected chi connectivity index (χ3v) is 6.29. The second-order valence-corrected chi connectivity index (χ2v) is 10.1.